The van der Waals surface area contributed by atoms with Crippen LogP contribution in [0.3, 0.4) is 0 Å². The average molecular weight is 387 g/mol. The summed E-state index contributed by atoms with van der Waals surface area (Å²) < 4.78 is 1.16. The van der Waals surface area contributed by atoms with Crippen LogP contribution in [-0.4, -0.2) is 17.0 Å². The quantitative estimate of drug-likeness (QED) is 0.747. The van der Waals surface area contributed by atoms with Crippen molar-refractivity contribution in [3.63, 3.8) is 0 Å². The monoisotopic (exact) mass is 387 g/mol. The molecule has 1 N–H and O–H groups in total. The molecule has 0 aromatic carbocycles. The van der Waals surface area contributed by atoms with Gasteiger partial charge in [-0.2, -0.15) is 0 Å². The minimum absolute atomic E-state index is 0.0573. The van der Waals surface area contributed by atoms with Crippen molar-refractivity contribution in [2.45, 2.75) is 64.7 Å². The van der Waals surface area contributed by atoms with Gasteiger partial charge in [-0.3, -0.25) is 0 Å². The molecular weight excluding hydrogens is 361 g/mol. The van der Waals surface area contributed by atoms with Gasteiger partial charge in [0.15, 0.2) is 0 Å². The zero-order valence-corrected chi connectivity index (χ0v) is 15.4. The highest BCUT2D eigenvalue weighted by molar-refractivity contribution is 14.1. The lowest BCUT2D eigenvalue weighted by Gasteiger charge is -2.28. The first kappa shape index (κ1) is 16.0. The van der Waals surface area contributed by atoms with Crippen LogP contribution in [0, 0.1) is 9.49 Å². The van der Waals surface area contributed by atoms with Crippen LogP contribution in [-0.2, 0) is 5.41 Å². The summed E-state index contributed by atoms with van der Waals surface area (Å²) in [5, 5.41) is 3.24. The second-order valence-corrected chi connectivity index (χ2v) is 8.13. The van der Waals surface area contributed by atoms with Crippen molar-refractivity contribution in [2.24, 2.45) is 5.92 Å². The largest absolute Gasteiger partial charge is 0.372 e. The van der Waals surface area contributed by atoms with Crippen molar-refractivity contribution in [3.8, 4) is 0 Å². The minimum atomic E-state index is 0.0573. The Hall–Kier alpha value is -0.390. The molecule has 0 amide bonds. The number of hydrogen-bond donors (Lipinski definition) is 1. The predicted molar refractivity (Wildman–Crippen MR) is 93.4 cm³/mol. The molecule has 1 heterocycles. The molecule has 1 aliphatic rings. The first-order chi connectivity index (χ1) is 9.32. The number of hydrogen-bond acceptors (Lipinski definition) is 3. The van der Waals surface area contributed by atoms with E-state index in [1.165, 1.54) is 31.4 Å². The fourth-order valence-electron chi connectivity index (χ4n) is 2.83. The maximum atomic E-state index is 4.94. The zero-order chi connectivity index (χ0) is 14.9. The lowest BCUT2D eigenvalue weighted by atomic mass is 9.82. The molecule has 2 rings (SSSR count). The van der Waals surface area contributed by atoms with Crippen molar-refractivity contribution >= 4 is 28.4 Å². The average Bonchev–Trinajstić information content (AvgIpc) is 2.38. The second kappa shape index (κ2) is 6.16. The molecule has 1 saturated carbocycles. The SMILES string of the molecule is CNc1nc(C2CCC(C)CC2)nc(C(C)(C)C)c1I. The van der Waals surface area contributed by atoms with E-state index in [0.717, 1.165) is 21.1 Å². The Balaban J connectivity index is 2.39. The van der Waals surface area contributed by atoms with Crippen molar-refractivity contribution in [1.82, 2.24) is 9.97 Å². The maximum Gasteiger partial charge on any atom is 0.143 e. The van der Waals surface area contributed by atoms with Gasteiger partial charge < -0.3 is 5.32 Å². The van der Waals surface area contributed by atoms with Gasteiger partial charge in [0, 0.05) is 18.4 Å². The van der Waals surface area contributed by atoms with Gasteiger partial charge in [-0.15, -0.1) is 0 Å². The number of anilines is 1. The van der Waals surface area contributed by atoms with E-state index < -0.39 is 0 Å². The number of nitrogens with one attached hydrogen (secondary N) is 1. The Kier molecular flexibility index (Phi) is 4.92. The fraction of sp³-hybridized carbons (Fsp3) is 0.750. The van der Waals surface area contributed by atoms with Crippen LogP contribution < -0.4 is 5.32 Å². The summed E-state index contributed by atoms with van der Waals surface area (Å²) in [6, 6.07) is 0. The Morgan fingerprint density at radius 1 is 1.10 bits per heavy atom. The summed E-state index contributed by atoms with van der Waals surface area (Å²) in [5.41, 5.74) is 1.23. The Morgan fingerprint density at radius 2 is 1.70 bits per heavy atom. The first-order valence-corrected chi connectivity index (χ1v) is 8.66. The summed E-state index contributed by atoms with van der Waals surface area (Å²) in [6.45, 7) is 9.03. The molecule has 3 nitrogen and oxygen atoms in total. The van der Waals surface area contributed by atoms with Crippen LogP contribution in [0.2, 0.25) is 0 Å². The molecule has 20 heavy (non-hydrogen) atoms. The molecule has 0 unspecified atom stereocenters. The van der Waals surface area contributed by atoms with Gasteiger partial charge in [0.1, 0.15) is 11.6 Å². The normalized spacial score (nSPS) is 23.7. The molecular formula is C16H26IN3. The van der Waals surface area contributed by atoms with E-state index in [4.69, 9.17) is 9.97 Å². The van der Waals surface area contributed by atoms with Crippen LogP contribution in [0.5, 0.6) is 0 Å². The van der Waals surface area contributed by atoms with Gasteiger partial charge in [-0.25, -0.2) is 9.97 Å². The van der Waals surface area contributed by atoms with E-state index in [-0.39, 0.29) is 5.41 Å². The second-order valence-electron chi connectivity index (χ2n) is 7.05. The molecule has 1 aromatic rings. The number of aromatic nitrogens is 2. The van der Waals surface area contributed by atoms with E-state index in [0.29, 0.717) is 5.92 Å². The standard InChI is InChI=1S/C16H26IN3/c1-10-6-8-11(9-7-10)14-19-13(16(2,3)4)12(17)15(18-5)20-14/h10-11H,6-9H2,1-5H3,(H,18,19,20). The number of rotatable bonds is 2. The summed E-state index contributed by atoms with van der Waals surface area (Å²) in [4.78, 5) is 9.73. The molecule has 4 heteroatoms. The van der Waals surface area contributed by atoms with Gasteiger partial charge >= 0.3 is 0 Å². The Morgan fingerprint density at radius 3 is 2.20 bits per heavy atom. The molecule has 112 valence electrons. The lowest BCUT2D eigenvalue weighted by Crippen LogP contribution is -2.21. The van der Waals surface area contributed by atoms with Gasteiger partial charge in [-0.1, -0.05) is 40.5 Å². The molecule has 0 atom stereocenters. The summed E-state index contributed by atoms with van der Waals surface area (Å²) in [7, 11) is 1.95. The first-order valence-electron chi connectivity index (χ1n) is 7.58. The van der Waals surface area contributed by atoms with Crippen LogP contribution in [0.25, 0.3) is 0 Å². The summed E-state index contributed by atoms with van der Waals surface area (Å²) >= 11 is 2.37. The molecule has 1 aliphatic carbocycles. The topological polar surface area (TPSA) is 37.8 Å². The molecule has 0 saturated heterocycles. The summed E-state index contributed by atoms with van der Waals surface area (Å²) in [5.74, 6) is 3.43. The highest BCUT2D eigenvalue weighted by Gasteiger charge is 2.27. The van der Waals surface area contributed by atoms with Gasteiger partial charge in [0.05, 0.1) is 9.26 Å². The smallest absolute Gasteiger partial charge is 0.143 e. The third-order valence-corrected chi connectivity index (χ3v) is 5.22. The van der Waals surface area contributed by atoms with E-state index in [2.05, 4.69) is 55.6 Å². The highest BCUT2D eigenvalue weighted by Crippen LogP contribution is 2.37. The third kappa shape index (κ3) is 3.43. The van der Waals surface area contributed by atoms with Gasteiger partial charge in [-0.05, 0) is 41.4 Å². The fourth-order valence-corrected chi connectivity index (χ4v) is 4.15. The van der Waals surface area contributed by atoms with Crippen LogP contribution in [0.15, 0.2) is 0 Å². The van der Waals surface area contributed by atoms with Crippen molar-refractivity contribution in [3.05, 3.63) is 15.1 Å². The van der Waals surface area contributed by atoms with Crippen molar-refractivity contribution in [1.29, 1.82) is 0 Å². The molecule has 0 spiro atoms. The predicted octanol–water partition coefficient (Wildman–Crippen LogP) is 4.71. The van der Waals surface area contributed by atoms with E-state index in [1.807, 2.05) is 7.05 Å². The zero-order valence-electron chi connectivity index (χ0n) is 13.3. The van der Waals surface area contributed by atoms with E-state index >= 15 is 0 Å². The van der Waals surface area contributed by atoms with E-state index in [9.17, 15) is 0 Å². The van der Waals surface area contributed by atoms with Crippen LogP contribution in [0.4, 0.5) is 5.82 Å². The number of nitrogens with zero attached hydrogens (tertiary/aromatic N) is 2. The molecule has 0 bridgehead atoms. The Labute approximate surface area is 136 Å². The van der Waals surface area contributed by atoms with E-state index in [1.54, 1.807) is 0 Å². The summed E-state index contributed by atoms with van der Waals surface area (Å²) in [6.07, 6.45) is 5.07. The Bertz CT molecular complexity index is 471. The lowest BCUT2D eigenvalue weighted by molar-refractivity contribution is 0.338. The van der Waals surface area contributed by atoms with Gasteiger partial charge in [0.25, 0.3) is 0 Å². The molecule has 0 aliphatic heterocycles. The molecule has 1 fully saturated rings. The van der Waals surface area contributed by atoms with Crippen LogP contribution in [0.1, 0.15) is 70.8 Å². The maximum absolute atomic E-state index is 4.94. The van der Waals surface area contributed by atoms with Crippen molar-refractivity contribution < 1.29 is 0 Å². The molecule has 1 aromatic heterocycles. The molecule has 0 radical (unpaired) electrons. The number of halogens is 1. The minimum Gasteiger partial charge on any atom is -0.372 e. The van der Waals surface area contributed by atoms with Crippen LogP contribution >= 0.6 is 22.6 Å². The van der Waals surface area contributed by atoms with Crippen molar-refractivity contribution in [2.75, 3.05) is 12.4 Å². The highest BCUT2D eigenvalue weighted by atomic mass is 127. The third-order valence-electron chi connectivity index (χ3n) is 4.20. The van der Waals surface area contributed by atoms with Gasteiger partial charge in [0.2, 0.25) is 0 Å².